The second kappa shape index (κ2) is 7.78. The number of rotatable bonds is 10. The third kappa shape index (κ3) is 5.95. The summed E-state index contributed by atoms with van der Waals surface area (Å²) < 4.78 is 18.6. The molecule has 2 N–H and O–H groups in total. The molecule has 4 nitrogen and oxygen atoms in total. The predicted octanol–water partition coefficient (Wildman–Crippen LogP) is 4.47. The highest BCUT2D eigenvalue weighted by Crippen LogP contribution is 2.44. The van der Waals surface area contributed by atoms with Gasteiger partial charge in [-0.15, -0.1) is 0 Å². The van der Waals surface area contributed by atoms with Gasteiger partial charge in [0.1, 0.15) is 0 Å². The molecule has 0 bridgehead atoms. The molecule has 19 heavy (non-hydrogen) atoms. The zero-order valence-electron chi connectivity index (χ0n) is 13.8. The Bertz CT molecular complexity index is 276. The molecule has 0 aliphatic heterocycles. The van der Waals surface area contributed by atoms with Crippen LogP contribution in [-0.2, 0) is 9.09 Å². The summed E-state index contributed by atoms with van der Waals surface area (Å²) in [5, 5.41) is 6.51. The molecule has 0 aromatic rings. The molecule has 0 aliphatic carbocycles. The first-order chi connectivity index (χ1) is 8.72. The first-order valence-corrected chi connectivity index (χ1v) is 9.18. The van der Waals surface area contributed by atoms with Gasteiger partial charge < -0.3 is 4.52 Å². The molecule has 0 aromatic heterocycles. The van der Waals surface area contributed by atoms with E-state index in [2.05, 4.69) is 51.7 Å². The van der Waals surface area contributed by atoms with Crippen molar-refractivity contribution in [3.05, 3.63) is 0 Å². The van der Waals surface area contributed by atoms with Crippen LogP contribution in [0.1, 0.15) is 74.1 Å². The summed E-state index contributed by atoms with van der Waals surface area (Å²) in [7, 11) is -3.03. The normalized spacial score (nSPS) is 13.8. The van der Waals surface area contributed by atoms with Crippen LogP contribution in [0.2, 0.25) is 0 Å². The molecule has 5 heteroatoms. The maximum atomic E-state index is 13.0. The molecule has 0 atom stereocenters. The maximum Gasteiger partial charge on any atom is 0.341 e. The van der Waals surface area contributed by atoms with E-state index >= 15 is 0 Å². The van der Waals surface area contributed by atoms with Gasteiger partial charge in [0.2, 0.25) is 0 Å². The van der Waals surface area contributed by atoms with Crippen LogP contribution in [0.4, 0.5) is 0 Å². The van der Waals surface area contributed by atoms with Crippen molar-refractivity contribution >= 4 is 7.67 Å². The fraction of sp³-hybridized carbons (Fsp3) is 1.00. The van der Waals surface area contributed by atoms with E-state index in [0.717, 1.165) is 25.7 Å². The van der Waals surface area contributed by atoms with Crippen molar-refractivity contribution < 1.29 is 9.09 Å². The van der Waals surface area contributed by atoms with Crippen molar-refractivity contribution in [2.75, 3.05) is 6.61 Å². The van der Waals surface area contributed by atoms with E-state index in [0.29, 0.717) is 6.61 Å². The Balaban J connectivity index is 5.10. The van der Waals surface area contributed by atoms with Gasteiger partial charge >= 0.3 is 7.67 Å². The highest BCUT2D eigenvalue weighted by Gasteiger charge is 2.37. The van der Waals surface area contributed by atoms with Crippen LogP contribution in [0.15, 0.2) is 0 Å². The van der Waals surface area contributed by atoms with Crippen molar-refractivity contribution in [2.45, 2.75) is 85.2 Å². The summed E-state index contributed by atoms with van der Waals surface area (Å²) in [4.78, 5) is 0. The van der Waals surface area contributed by atoms with Gasteiger partial charge in [-0.05, 0) is 46.5 Å². The van der Waals surface area contributed by atoms with Crippen molar-refractivity contribution in [1.82, 2.24) is 10.2 Å². The minimum atomic E-state index is -3.03. The van der Waals surface area contributed by atoms with Gasteiger partial charge in [-0.2, -0.15) is 0 Å². The SMILES string of the molecule is CCOP(=O)(NC(C)(CC)CC)NC(C)(CC)CC. The molecule has 116 valence electrons. The van der Waals surface area contributed by atoms with E-state index in [1.807, 2.05) is 6.92 Å². The summed E-state index contributed by atoms with van der Waals surface area (Å²) in [5.74, 6) is 0. The van der Waals surface area contributed by atoms with Crippen LogP contribution < -0.4 is 10.2 Å². The minimum absolute atomic E-state index is 0.167. The molecule has 0 radical (unpaired) electrons. The zero-order valence-corrected chi connectivity index (χ0v) is 14.7. The molecular weight excluding hydrogens is 259 g/mol. The lowest BCUT2D eigenvalue weighted by atomic mass is 9.97. The molecule has 0 saturated carbocycles. The first kappa shape index (κ1) is 19.1. The average molecular weight is 292 g/mol. The van der Waals surface area contributed by atoms with E-state index in [1.165, 1.54) is 0 Å². The number of hydrogen-bond donors (Lipinski definition) is 2. The Morgan fingerprint density at radius 3 is 1.37 bits per heavy atom. The van der Waals surface area contributed by atoms with Gasteiger partial charge in [0.05, 0.1) is 6.61 Å². The van der Waals surface area contributed by atoms with Crippen LogP contribution in [0.25, 0.3) is 0 Å². The van der Waals surface area contributed by atoms with E-state index < -0.39 is 7.67 Å². The summed E-state index contributed by atoms with van der Waals surface area (Å²) >= 11 is 0. The van der Waals surface area contributed by atoms with Crippen LogP contribution in [0, 0.1) is 0 Å². The molecule has 0 rings (SSSR count). The molecule has 0 unspecified atom stereocenters. The largest absolute Gasteiger partial charge is 0.341 e. The predicted molar refractivity (Wildman–Crippen MR) is 83.5 cm³/mol. The van der Waals surface area contributed by atoms with Gasteiger partial charge in [-0.3, -0.25) is 4.57 Å². The van der Waals surface area contributed by atoms with Crippen LogP contribution in [-0.4, -0.2) is 17.7 Å². The molecule has 0 amide bonds. The summed E-state index contributed by atoms with van der Waals surface area (Å²) in [5.41, 5.74) is -0.333. The Morgan fingerprint density at radius 1 is 0.842 bits per heavy atom. The quantitative estimate of drug-likeness (QED) is 0.583. The van der Waals surface area contributed by atoms with Crippen LogP contribution in [0.3, 0.4) is 0 Å². The Labute approximate surface area is 119 Å². The van der Waals surface area contributed by atoms with Gasteiger partial charge in [0.25, 0.3) is 0 Å². The monoisotopic (exact) mass is 292 g/mol. The highest BCUT2D eigenvalue weighted by atomic mass is 31.2. The van der Waals surface area contributed by atoms with Gasteiger partial charge in [-0.1, -0.05) is 27.7 Å². The number of hydrogen-bond acceptors (Lipinski definition) is 2. The maximum absolute atomic E-state index is 13.0. The van der Waals surface area contributed by atoms with E-state index in [1.54, 1.807) is 0 Å². The van der Waals surface area contributed by atoms with E-state index in [-0.39, 0.29) is 11.1 Å². The van der Waals surface area contributed by atoms with Crippen LogP contribution >= 0.6 is 7.67 Å². The molecule has 0 aliphatic rings. The Hall–Kier alpha value is 0.110. The van der Waals surface area contributed by atoms with Crippen molar-refractivity contribution in [3.8, 4) is 0 Å². The first-order valence-electron chi connectivity index (χ1n) is 7.55. The lowest BCUT2D eigenvalue weighted by molar-refractivity contribution is 0.265. The molecule has 0 heterocycles. The third-order valence-corrected chi connectivity index (χ3v) is 6.56. The molecule has 0 spiro atoms. The highest BCUT2D eigenvalue weighted by molar-refractivity contribution is 7.54. The van der Waals surface area contributed by atoms with Gasteiger partial charge in [0.15, 0.2) is 0 Å². The van der Waals surface area contributed by atoms with Crippen molar-refractivity contribution in [1.29, 1.82) is 0 Å². The fourth-order valence-electron chi connectivity index (χ4n) is 1.80. The smallest absolute Gasteiger partial charge is 0.306 e. The second-order valence-corrected chi connectivity index (χ2v) is 7.54. The van der Waals surface area contributed by atoms with Crippen molar-refractivity contribution in [2.24, 2.45) is 0 Å². The summed E-state index contributed by atoms with van der Waals surface area (Å²) in [6.45, 7) is 14.9. The minimum Gasteiger partial charge on any atom is -0.306 e. The molecular formula is C14H33N2O2P. The summed E-state index contributed by atoms with van der Waals surface area (Å²) in [6, 6.07) is 0. The standard InChI is InChI=1S/C14H33N2O2P/c1-8-13(6,9-2)15-19(17,18-12-5)16-14(7,10-3)11-4/h8-12H2,1-7H3,(H2,15,16,17). The zero-order chi connectivity index (χ0) is 15.2. The average Bonchev–Trinajstić information content (AvgIpc) is 2.38. The van der Waals surface area contributed by atoms with E-state index in [4.69, 9.17) is 4.52 Å². The molecule has 0 saturated heterocycles. The summed E-state index contributed by atoms with van der Waals surface area (Å²) in [6.07, 6.45) is 3.66. The molecule has 0 aromatic carbocycles. The number of nitrogens with one attached hydrogen (secondary N) is 2. The van der Waals surface area contributed by atoms with Crippen molar-refractivity contribution in [3.63, 3.8) is 0 Å². The van der Waals surface area contributed by atoms with Gasteiger partial charge in [0, 0.05) is 11.1 Å². The molecule has 0 fully saturated rings. The lowest BCUT2D eigenvalue weighted by Gasteiger charge is -2.38. The second-order valence-electron chi connectivity index (χ2n) is 5.73. The third-order valence-electron chi connectivity index (χ3n) is 4.27. The van der Waals surface area contributed by atoms with E-state index in [9.17, 15) is 4.57 Å². The Kier molecular flexibility index (Phi) is 7.82. The van der Waals surface area contributed by atoms with Crippen LogP contribution in [0.5, 0.6) is 0 Å². The Morgan fingerprint density at radius 2 is 1.16 bits per heavy atom. The fourth-order valence-corrected chi connectivity index (χ4v) is 4.40. The lowest BCUT2D eigenvalue weighted by Crippen LogP contribution is -2.48. The topological polar surface area (TPSA) is 50.4 Å². The van der Waals surface area contributed by atoms with Gasteiger partial charge in [-0.25, -0.2) is 10.2 Å².